The Morgan fingerprint density at radius 1 is 1.52 bits per heavy atom. The summed E-state index contributed by atoms with van der Waals surface area (Å²) in [5, 5.41) is 20.4. The molecule has 0 saturated carbocycles. The number of nitrogens with zero attached hydrogens (tertiary/aromatic N) is 2. The maximum absolute atomic E-state index is 11.6. The number of aliphatic carboxylic acids is 1. The number of nitro benzene ring substituents is 1. The quantitative estimate of drug-likeness (QED) is 0.663. The first-order valence-electron chi connectivity index (χ1n) is 6.77. The van der Waals surface area contributed by atoms with Gasteiger partial charge >= 0.3 is 5.97 Å². The number of anilines is 1. The minimum Gasteiger partial charge on any atom is -0.480 e. The van der Waals surface area contributed by atoms with Gasteiger partial charge in [-0.05, 0) is 47.7 Å². The summed E-state index contributed by atoms with van der Waals surface area (Å²) < 4.78 is 0.556. The number of halogens is 1. The predicted molar refractivity (Wildman–Crippen MR) is 82.7 cm³/mol. The number of aryl methyl sites for hydroxylation is 1. The van der Waals surface area contributed by atoms with Gasteiger partial charge in [-0.2, -0.15) is 0 Å². The highest BCUT2D eigenvalue weighted by atomic mass is 79.9. The number of carbonyl (C=O) groups is 1. The average Bonchev–Trinajstić information content (AvgIpc) is 2.39. The third-order valence-electron chi connectivity index (χ3n) is 3.96. The highest BCUT2D eigenvalue weighted by molar-refractivity contribution is 9.10. The molecule has 1 aromatic carbocycles. The van der Waals surface area contributed by atoms with Crippen molar-refractivity contribution in [3.63, 3.8) is 0 Å². The minimum atomic E-state index is -0.856. The van der Waals surface area contributed by atoms with E-state index in [0.717, 1.165) is 12.8 Å². The number of hydrogen-bond acceptors (Lipinski definition) is 4. The Balaban J connectivity index is 2.47. The van der Waals surface area contributed by atoms with Crippen LogP contribution in [0.25, 0.3) is 0 Å². The van der Waals surface area contributed by atoms with Crippen LogP contribution >= 0.6 is 15.9 Å². The number of hydrogen-bond donors (Lipinski definition) is 1. The zero-order chi connectivity index (χ0) is 15.7. The smallest absolute Gasteiger partial charge is 0.326 e. The predicted octanol–water partition coefficient (Wildman–Crippen LogP) is 3.36. The van der Waals surface area contributed by atoms with Gasteiger partial charge in [0.2, 0.25) is 0 Å². The van der Waals surface area contributed by atoms with Crippen molar-refractivity contribution in [1.82, 2.24) is 0 Å². The van der Waals surface area contributed by atoms with Crippen LogP contribution < -0.4 is 4.90 Å². The molecule has 1 fully saturated rings. The Labute approximate surface area is 131 Å². The molecule has 2 atom stereocenters. The lowest BCUT2D eigenvalue weighted by molar-refractivity contribution is -0.385. The number of benzene rings is 1. The van der Waals surface area contributed by atoms with Gasteiger partial charge in [-0.3, -0.25) is 10.1 Å². The van der Waals surface area contributed by atoms with Gasteiger partial charge in [0.25, 0.3) is 5.69 Å². The van der Waals surface area contributed by atoms with Crippen LogP contribution in [0, 0.1) is 23.0 Å². The van der Waals surface area contributed by atoms with Crippen molar-refractivity contribution in [3.8, 4) is 0 Å². The molecular formula is C14H17BrN2O4. The Morgan fingerprint density at radius 3 is 2.76 bits per heavy atom. The summed E-state index contributed by atoms with van der Waals surface area (Å²) in [4.78, 5) is 23.9. The highest BCUT2D eigenvalue weighted by Crippen LogP contribution is 2.37. The third kappa shape index (κ3) is 3.02. The van der Waals surface area contributed by atoms with Gasteiger partial charge in [-0.25, -0.2) is 4.79 Å². The molecule has 1 aliphatic rings. The van der Waals surface area contributed by atoms with Gasteiger partial charge in [0.1, 0.15) is 6.04 Å². The molecule has 0 aliphatic carbocycles. The monoisotopic (exact) mass is 356 g/mol. The maximum atomic E-state index is 11.6. The zero-order valence-electron chi connectivity index (χ0n) is 11.9. The second-order valence-corrected chi connectivity index (χ2v) is 6.30. The fraction of sp³-hybridized carbons (Fsp3) is 0.500. The van der Waals surface area contributed by atoms with Crippen molar-refractivity contribution in [3.05, 3.63) is 32.3 Å². The lowest BCUT2D eigenvalue weighted by Gasteiger charge is -2.39. The molecule has 0 bridgehead atoms. The van der Waals surface area contributed by atoms with E-state index in [4.69, 9.17) is 0 Å². The van der Waals surface area contributed by atoms with E-state index < -0.39 is 16.9 Å². The van der Waals surface area contributed by atoms with E-state index in [1.807, 2.05) is 11.8 Å². The third-order valence-corrected chi connectivity index (χ3v) is 4.59. The van der Waals surface area contributed by atoms with E-state index >= 15 is 0 Å². The summed E-state index contributed by atoms with van der Waals surface area (Å²) in [6.45, 7) is 4.23. The molecule has 0 radical (unpaired) electrons. The van der Waals surface area contributed by atoms with Crippen LogP contribution in [-0.2, 0) is 4.79 Å². The summed E-state index contributed by atoms with van der Waals surface area (Å²) in [6, 6.07) is 2.54. The van der Waals surface area contributed by atoms with Crippen LogP contribution in [0.4, 0.5) is 11.4 Å². The summed E-state index contributed by atoms with van der Waals surface area (Å²) in [5.41, 5.74) is 1.26. The fourth-order valence-corrected chi connectivity index (χ4v) is 3.47. The molecule has 1 saturated heterocycles. The van der Waals surface area contributed by atoms with Gasteiger partial charge in [0, 0.05) is 22.6 Å². The van der Waals surface area contributed by atoms with Crippen molar-refractivity contribution >= 4 is 33.3 Å². The lowest BCUT2D eigenvalue weighted by Crippen LogP contribution is -2.49. The Bertz CT molecular complexity index is 591. The molecule has 6 nitrogen and oxygen atoms in total. The van der Waals surface area contributed by atoms with Gasteiger partial charge in [0.05, 0.1) is 10.6 Å². The van der Waals surface area contributed by atoms with Gasteiger partial charge in [-0.15, -0.1) is 0 Å². The second kappa shape index (κ2) is 6.01. The summed E-state index contributed by atoms with van der Waals surface area (Å²) >= 11 is 3.34. The second-order valence-electron chi connectivity index (χ2n) is 5.44. The molecule has 0 aromatic heterocycles. The van der Waals surface area contributed by atoms with Crippen LogP contribution in [0.15, 0.2) is 16.6 Å². The molecule has 114 valence electrons. The number of carboxylic acids is 1. The summed E-state index contributed by atoms with van der Waals surface area (Å²) in [7, 11) is 0. The first kappa shape index (κ1) is 15.8. The minimum absolute atomic E-state index is 0.0301. The highest BCUT2D eigenvalue weighted by Gasteiger charge is 2.35. The number of piperidine rings is 1. The molecule has 7 heteroatoms. The van der Waals surface area contributed by atoms with Crippen LogP contribution in [0.3, 0.4) is 0 Å². The molecule has 1 heterocycles. The van der Waals surface area contributed by atoms with E-state index in [9.17, 15) is 20.0 Å². The molecular weight excluding hydrogens is 340 g/mol. The van der Waals surface area contributed by atoms with Crippen LogP contribution in [0.2, 0.25) is 0 Å². The normalized spacial score (nSPS) is 22.1. The molecule has 1 aromatic rings. The van der Waals surface area contributed by atoms with Crippen molar-refractivity contribution < 1.29 is 14.8 Å². The van der Waals surface area contributed by atoms with Crippen LogP contribution in [0.1, 0.15) is 25.3 Å². The Hall–Kier alpha value is -1.63. The van der Waals surface area contributed by atoms with Gasteiger partial charge in [0.15, 0.2) is 0 Å². The number of carboxylic acid groups (broad SMARTS) is 1. The van der Waals surface area contributed by atoms with Crippen molar-refractivity contribution in [2.75, 3.05) is 11.4 Å². The molecule has 2 unspecified atom stereocenters. The van der Waals surface area contributed by atoms with E-state index in [1.54, 1.807) is 13.0 Å². The molecule has 21 heavy (non-hydrogen) atoms. The van der Waals surface area contributed by atoms with E-state index in [0.29, 0.717) is 22.3 Å². The molecule has 2 rings (SSSR count). The molecule has 1 N–H and O–H groups in total. The summed E-state index contributed by atoms with van der Waals surface area (Å²) in [5.74, 6) is -0.816. The standard InChI is InChI=1S/C14H17BrN2O4/c1-8-4-3-5-16(13(8)14(18)19)12-6-9(2)11(17(20)21)7-10(12)15/h6-8,13H,3-5H2,1-2H3,(H,18,19). The van der Waals surface area contributed by atoms with Crippen molar-refractivity contribution in [2.24, 2.45) is 5.92 Å². The van der Waals surface area contributed by atoms with Crippen LogP contribution in [0.5, 0.6) is 0 Å². The average molecular weight is 357 g/mol. The van der Waals surface area contributed by atoms with Gasteiger partial charge in [-0.1, -0.05) is 6.92 Å². The first-order chi connectivity index (χ1) is 9.82. The van der Waals surface area contributed by atoms with Crippen molar-refractivity contribution in [2.45, 2.75) is 32.7 Å². The number of nitro groups is 1. The fourth-order valence-electron chi connectivity index (χ4n) is 2.91. The largest absolute Gasteiger partial charge is 0.480 e. The number of rotatable bonds is 3. The SMILES string of the molecule is Cc1cc(N2CCCC(C)C2C(=O)O)c(Br)cc1[N+](=O)[O-]. The molecule has 0 spiro atoms. The van der Waals surface area contributed by atoms with Crippen molar-refractivity contribution in [1.29, 1.82) is 0 Å². The molecule has 0 amide bonds. The topological polar surface area (TPSA) is 83.7 Å². The lowest BCUT2D eigenvalue weighted by atomic mass is 9.90. The van der Waals surface area contributed by atoms with Crippen LogP contribution in [-0.4, -0.2) is 28.6 Å². The summed E-state index contributed by atoms with van der Waals surface area (Å²) in [6.07, 6.45) is 1.78. The van der Waals surface area contributed by atoms with E-state index in [2.05, 4.69) is 15.9 Å². The van der Waals surface area contributed by atoms with E-state index in [1.165, 1.54) is 6.07 Å². The van der Waals surface area contributed by atoms with E-state index in [-0.39, 0.29) is 11.6 Å². The maximum Gasteiger partial charge on any atom is 0.326 e. The first-order valence-corrected chi connectivity index (χ1v) is 7.56. The Kier molecular flexibility index (Phi) is 4.51. The van der Waals surface area contributed by atoms with Gasteiger partial charge < -0.3 is 10.0 Å². The Morgan fingerprint density at radius 2 is 2.19 bits per heavy atom. The zero-order valence-corrected chi connectivity index (χ0v) is 13.5. The molecule has 1 aliphatic heterocycles.